The molecule has 0 saturated heterocycles. The van der Waals surface area contributed by atoms with Crippen LogP contribution in [0.2, 0.25) is 0 Å². The van der Waals surface area contributed by atoms with Gasteiger partial charge in [0.15, 0.2) is 0 Å². The maximum atomic E-state index is 14.6. The molecule has 0 aliphatic carbocycles. The number of hydrogen-bond acceptors (Lipinski definition) is 4. The molecule has 4 aromatic rings. The number of rotatable bonds is 8. The van der Waals surface area contributed by atoms with Crippen molar-refractivity contribution in [2.24, 2.45) is 0 Å². The molecule has 8 heteroatoms. The third-order valence-electron chi connectivity index (χ3n) is 4.87. The summed E-state index contributed by atoms with van der Waals surface area (Å²) in [5.74, 6) is -1.33. The van der Waals surface area contributed by atoms with Crippen molar-refractivity contribution in [1.29, 1.82) is 0 Å². The Kier molecular flexibility index (Phi) is 7.30. The molecule has 34 heavy (non-hydrogen) atoms. The van der Waals surface area contributed by atoms with E-state index in [-0.39, 0.29) is 10.6 Å². The van der Waals surface area contributed by atoms with E-state index in [2.05, 4.69) is 5.32 Å². The monoisotopic (exact) mass is 492 g/mol. The summed E-state index contributed by atoms with van der Waals surface area (Å²) in [7, 11) is -4.20. The van der Waals surface area contributed by atoms with Crippen molar-refractivity contribution in [3.63, 3.8) is 0 Å². The maximum Gasteiger partial charge on any atom is 0.264 e. The molecule has 4 rings (SSSR count). The lowest BCUT2D eigenvalue weighted by Crippen LogP contribution is -2.38. The van der Waals surface area contributed by atoms with E-state index in [1.165, 1.54) is 42.1 Å². The predicted molar refractivity (Wildman–Crippen MR) is 133 cm³/mol. The normalized spacial score (nSPS) is 11.1. The van der Waals surface area contributed by atoms with Gasteiger partial charge in [-0.25, -0.2) is 12.8 Å². The third-order valence-corrected chi connectivity index (χ3v) is 7.73. The summed E-state index contributed by atoms with van der Waals surface area (Å²) in [6, 6.07) is 30.0. The molecule has 0 atom stereocenters. The van der Waals surface area contributed by atoms with E-state index in [0.29, 0.717) is 5.69 Å². The van der Waals surface area contributed by atoms with Gasteiger partial charge in [0.1, 0.15) is 12.4 Å². The van der Waals surface area contributed by atoms with Crippen LogP contribution in [0, 0.1) is 5.82 Å². The minimum absolute atomic E-state index is 0.0360. The first-order valence-electron chi connectivity index (χ1n) is 10.4. The minimum Gasteiger partial charge on any atom is -0.323 e. The number of nitrogens with one attached hydrogen (secondary N) is 1. The van der Waals surface area contributed by atoms with Gasteiger partial charge in [0.25, 0.3) is 10.0 Å². The van der Waals surface area contributed by atoms with Crippen LogP contribution in [0.25, 0.3) is 0 Å². The first kappa shape index (κ1) is 23.5. The molecular formula is C26H21FN2O3S2. The van der Waals surface area contributed by atoms with Crippen LogP contribution in [0.3, 0.4) is 0 Å². The van der Waals surface area contributed by atoms with Crippen LogP contribution in [0.5, 0.6) is 0 Å². The largest absolute Gasteiger partial charge is 0.323 e. The van der Waals surface area contributed by atoms with Gasteiger partial charge in [0.05, 0.1) is 16.3 Å². The fourth-order valence-electron chi connectivity index (χ4n) is 3.27. The first-order valence-corrected chi connectivity index (χ1v) is 12.6. The number of hydrogen-bond donors (Lipinski definition) is 1. The van der Waals surface area contributed by atoms with E-state index in [1.807, 2.05) is 42.5 Å². The van der Waals surface area contributed by atoms with Crippen LogP contribution in [0.1, 0.15) is 0 Å². The Bertz CT molecular complexity index is 1380. The molecule has 0 bridgehead atoms. The lowest BCUT2D eigenvalue weighted by molar-refractivity contribution is -0.114. The number of amides is 1. The SMILES string of the molecule is O=C(CN(c1ccccc1F)S(=O)(=O)c1ccccc1)Nc1ccccc1Sc1ccccc1. The maximum absolute atomic E-state index is 14.6. The van der Waals surface area contributed by atoms with Crippen LogP contribution < -0.4 is 9.62 Å². The summed E-state index contributed by atoms with van der Waals surface area (Å²) in [5.41, 5.74) is 0.334. The molecule has 0 saturated carbocycles. The van der Waals surface area contributed by atoms with Gasteiger partial charge in [-0.1, -0.05) is 72.4 Å². The number of sulfonamides is 1. The zero-order chi connectivity index (χ0) is 24.0. The van der Waals surface area contributed by atoms with Gasteiger partial charge in [-0.05, 0) is 48.5 Å². The fourth-order valence-corrected chi connectivity index (χ4v) is 5.64. The smallest absolute Gasteiger partial charge is 0.264 e. The van der Waals surface area contributed by atoms with Gasteiger partial charge >= 0.3 is 0 Å². The molecule has 0 aliphatic heterocycles. The van der Waals surface area contributed by atoms with Crippen molar-refractivity contribution >= 4 is 39.1 Å². The fraction of sp³-hybridized carbons (Fsp3) is 0.0385. The Morgan fingerprint density at radius 3 is 2.09 bits per heavy atom. The second-order valence-electron chi connectivity index (χ2n) is 7.24. The molecule has 1 N–H and O–H groups in total. The standard InChI is InChI=1S/C26H21FN2O3S2/c27-22-15-7-9-17-24(22)29(34(31,32)21-13-5-2-6-14-21)19-26(30)28-23-16-8-10-18-25(23)33-20-11-3-1-4-12-20/h1-18H,19H2,(H,28,30). The van der Waals surface area contributed by atoms with Crippen molar-refractivity contribution in [3.8, 4) is 0 Å². The van der Waals surface area contributed by atoms with Gasteiger partial charge in [0.2, 0.25) is 5.91 Å². The van der Waals surface area contributed by atoms with E-state index in [0.717, 1.165) is 20.2 Å². The molecule has 1 amide bonds. The van der Waals surface area contributed by atoms with E-state index in [4.69, 9.17) is 0 Å². The lowest BCUT2D eigenvalue weighted by Gasteiger charge is -2.24. The Labute approximate surface area is 202 Å². The average molecular weight is 493 g/mol. The number of halogens is 1. The Hall–Kier alpha value is -3.62. The molecule has 0 aliphatic rings. The highest BCUT2D eigenvalue weighted by atomic mass is 32.2. The van der Waals surface area contributed by atoms with Gasteiger partial charge < -0.3 is 5.32 Å². The Morgan fingerprint density at radius 1 is 0.794 bits per heavy atom. The number of para-hydroxylation sites is 2. The van der Waals surface area contributed by atoms with Gasteiger partial charge in [-0.15, -0.1) is 0 Å². The Morgan fingerprint density at radius 2 is 1.38 bits per heavy atom. The molecule has 172 valence electrons. The molecule has 0 aromatic heterocycles. The van der Waals surface area contributed by atoms with E-state index < -0.39 is 28.3 Å². The summed E-state index contributed by atoms with van der Waals surface area (Å²) < 4.78 is 42.1. The number of carbonyl (C=O) groups is 1. The molecular weight excluding hydrogens is 471 g/mol. The van der Waals surface area contributed by atoms with E-state index >= 15 is 0 Å². The van der Waals surface area contributed by atoms with Crippen LogP contribution in [0.4, 0.5) is 15.8 Å². The zero-order valence-corrected chi connectivity index (χ0v) is 19.6. The summed E-state index contributed by atoms with van der Waals surface area (Å²) in [6.07, 6.45) is 0. The number of benzene rings is 4. The summed E-state index contributed by atoms with van der Waals surface area (Å²) >= 11 is 1.47. The average Bonchev–Trinajstić information content (AvgIpc) is 2.85. The molecule has 0 heterocycles. The number of anilines is 2. The van der Waals surface area contributed by atoms with Gasteiger partial charge in [-0.2, -0.15) is 0 Å². The quantitative estimate of drug-likeness (QED) is 0.337. The topological polar surface area (TPSA) is 66.5 Å². The lowest BCUT2D eigenvalue weighted by atomic mass is 10.3. The second kappa shape index (κ2) is 10.5. The van der Waals surface area contributed by atoms with Crippen LogP contribution in [0.15, 0.2) is 124 Å². The van der Waals surface area contributed by atoms with Crippen molar-refractivity contribution in [2.45, 2.75) is 14.7 Å². The predicted octanol–water partition coefficient (Wildman–Crippen LogP) is 5.81. The molecule has 0 fully saturated rings. The Balaban J connectivity index is 1.62. The van der Waals surface area contributed by atoms with E-state index in [9.17, 15) is 17.6 Å². The van der Waals surface area contributed by atoms with Gasteiger partial charge in [-0.3, -0.25) is 9.10 Å². The van der Waals surface area contributed by atoms with Crippen molar-refractivity contribution in [3.05, 3.63) is 115 Å². The minimum atomic E-state index is -4.20. The number of nitrogens with zero attached hydrogens (tertiary/aromatic N) is 1. The highest BCUT2D eigenvalue weighted by Crippen LogP contribution is 2.33. The van der Waals surface area contributed by atoms with Crippen LogP contribution in [-0.4, -0.2) is 20.9 Å². The second-order valence-corrected chi connectivity index (χ2v) is 10.2. The molecule has 0 spiro atoms. The van der Waals surface area contributed by atoms with Crippen molar-refractivity contribution in [2.75, 3.05) is 16.2 Å². The summed E-state index contributed by atoms with van der Waals surface area (Å²) in [5, 5.41) is 2.79. The van der Waals surface area contributed by atoms with Crippen molar-refractivity contribution in [1.82, 2.24) is 0 Å². The summed E-state index contributed by atoms with van der Waals surface area (Å²) in [6.45, 7) is -0.595. The third kappa shape index (κ3) is 5.47. The number of carbonyl (C=O) groups excluding carboxylic acids is 1. The van der Waals surface area contributed by atoms with Crippen LogP contribution >= 0.6 is 11.8 Å². The van der Waals surface area contributed by atoms with Crippen LogP contribution in [-0.2, 0) is 14.8 Å². The highest BCUT2D eigenvalue weighted by molar-refractivity contribution is 7.99. The zero-order valence-electron chi connectivity index (χ0n) is 18.0. The summed E-state index contributed by atoms with van der Waals surface area (Å²) in [4.78, 5) is 14.8. The molecule has 0 unspecified atom stereocenters. The molecule has 0 radical (unpaired) electrons. The first-order chi connectivity index (χ1) is 16.4. The molecule has 5 nitrogen and oxygen atoms in total. The molecule has 4 aromatic carbocycles. The van der Waals surface area contributed by atoms with E-state index in [1.54, 1.807) is 30.3 Å². The van der Waals surface area contributed by atoms with Crippen molar-refractivity contribution < 1.29 is 17.6 Å². The highest BCUT2D eigenvalue weighted by Gasteiger charge is 2.29. The van der Waals surface area contributed by atoms with Gasteiger partial charge in [0, 0.05) is 9.79 Å².